The van der Waals surface area contributed by atoms with Gasteiger partial charge in [0.25, 0.3) is 0 Å². The van der Waals surface area contributed by atoms with Gasteiger partial charge in [-0.15, -0.1) is 0 Å². The van der Waals surface area contributed by atoms with Crippen LogP contribution in [0.2, 0.25) is 5.02 Å². The fourth-order valence-electron chi connectivity index (χ4n) is 1.57. The Morgan fingerprint density at radius 2 is 2.17 bits per heavy atom. The van der Waals surface area contributed by atoms with Crippen LogP contribution >= 0.6 is 11.6 Å². The number of ether oxygens (including phenoxy) is 1. The molecule has 0 aliphatic rings. The molecule has 2 rings (SSSR count). The lowest BCUT2D eigenvalue weighted by Gasteiger charge is -2.08. The third-order valence-electron chi connectivity index (χ3n) is 2.44. The lowest BCUT2D eigenvalue weighted by molar-refractivity contribution is 0.459. The summed E-state index contributed by atoms with van der Waals surface area (Å²) in [4.78, 5) is 8.34. The Labute approximate surface area is 111 Å². The van der Waals surface area contributed by atoms with Gasteiger partial charge in [-0.05, 0) is 19.5 Å². The molecule has 0 aliphatic carbocycles. The number of pyridine rings is 2. The molecule has 2 aromatic rings. The second kappa shape index (κ2) is 5.80. The number of aromatic nitrogens is 2. The van der Waals surface area contributed by atoms with Gasteiger partial charge in [-0.3, -0.25) is 4.98 Å². The normalized spacial score (nSPS) is 10.4. The van der Waals surface area contributed by atoms with Crippen LogP contribution < -0.4 is 10.1 Å². The minimum atomic E-state index is 0.538. The van der Waals surface area contributed by atoms with Gasteiger partial charge in [0, 0.05) is 30.6 Å². The highest BCUT2D eigenvalue weighted by atomic mass is 35.5. The van der Waals surface area contributed by atoms with Crippen molar-refractivity contribution in [1.29, 1.82) is 0 Å². The molecule has 2 heterocycles. The zero-order chi connectivity index (χ0) is 13.0. The summed E-state index contributed by atoms with van der Waals surface area (Å²) in [7, 11) is 1.90. The van der Waals surface area contributed by atoms with Gasteiger partial charge in [0.2, 0.25) is 5.88 Å². The second-order valence-corrected chi connectivity index (χ2v) is 4.30. The van der Waals surface area contributed by atoms with Crippen molar-refractivity contribution in [3.05, 3.63) is 46.9 Å². The van der Waals surface area contributed by atoms with E-state index in [0.717, 1.165) is 17.8 Å². The number of hydrogen-bond donors (Lipinski definition) is 1. The van der Waals surface area contributed by atoms with E-state index in [1.165, 1.54) is 0 Å². The number of rotatable bonds is 4. The molecular formula is C13H14ClN3O. The summed E-state index contributed by atoms with van der Waals surface area (Å²) in [5, 5.41) is 3.63. The molecule has 2 aromatic heterocycles. The summed E-state index contributed by atoms with van der Waals surface area (Å²) in [5.74, 6) is 1.12. The van der Waals surface area contributed by atoms with E-state index in [1.54, 1.807) is 18.5 Å². The summed E-state index contributed by atoms with van der Waals surface area (Å²) < 4.78 is 5.59. The van der Waals surface area contributed by atoms with Crippen molar-refractivity contribution in [2.75, 3.05) is 7.05 Å². The van der Waals surface area contributed by atoms with Crippen LogP contribution in [0.25, 0.3) is 0 Å². The first kappa shape index (κ1) is 12.8. The maximum absolute atomic E-state index is 5.84. The smallest absolute Gasteiger partial charge is 0.219 e. The number of nitrogens with one attached hydrogen (secondary N) is 1. The number of aryl methyl sites for hydroxylation is 1. The molecule has 0 aromatic carbocycles. The number of halogens is 1. The van der Waals surface area contributed by atoms with E-state index in [4.69, 9.17) is 16.3 Å². The largest absolute Gasteiger partial charge is 0.437 e. The molecule has 18 heavy (non-hydrogen) atoms. The number of hydrogen-bond acceptors (Lipinski definition) is 4. The standard InChI is InChI=1S/C13H14ClN3O/c1-9-10(6-15-2)3-4-13(17-9)18-12-5-11(14)7-16-8-12/h3-5,7-8,15H,6H2,1-2H3. The molecule has 0 atom stereocenters. The second-order valence-electron chi connectivity index (χ2n) is 3.87. The zero-order valence-electron chi connectivity index (χ0n) is 10.3. The van der Waals surface area contributed by atoms with E-state index in [9.17, 15) is 0 Å². The van der Waals surface area contributed by atoms with Crippen molar-refractivity contribution in [2.45, 2.75) is 13.5 Å². The predicted molar refractivity (Wildman–Crippen MR) is 71.1 cm³/mol. The summed E-state index contributed by atoms with van der Waals surface area (Å²) in [5.41, 5.74) is 2.09. The first-order valence-corrected chi connectivity index (χ1v) is 5.96. The molecule has 0 bridgehead atoms. The van der Waals surface area contributed by atoms with Gasteiger partial charge < -0.3 is 10.1 Å². The maximum atomic E-state index is 5.84. The summed E-state index contributed by atoms with van der Waals surface area (Å²) in [6.45, 7) is 2.74. The summed E-state index contributed by atoms with van der Waals surface area (Å²) in [6.07, 6.45) is 3.16. The molecule has 0 unspecified atom stereocenters. The average Bonchev–Trinajstić information content (AvgIpc) is 2.33. The van der Waals surface area contributed by atoms with E-state index in [1.807, 2.05) is 26.1 Å². The van der Waals surface area contributed by atoms with E-state index in [2.05, 4.69) is 15.3 Å². The van der Waals surface area contributed by atoms with Crippen LogP contribution in [-0.4, -0.2) is 17.0 Å². The molecule has 4 nitrogen and oxygen atoms in total. The van der Waals surface area contributed by atoms with Crippen LogP contribution in [0.15, 0.2) is 30.6 Å². The molecule has 0 radical (unpaired) electrons. The molecule has 1 N–H and O–H groups in total. The lowest BCUT2D eigenvalue weighted by Crippen LogP contribution is -2.07. The monoisotopic (exact) mass is 263 g/mol. The first-order valence-electron chi connectivity index (χ1n) is 5.58. The van der Waals surface area contributed by atoms with Crippen molar-refractivity contribution < 1.29 is 4.74 Å². The quantitative estimate of drug-likeness (QED) is 0.921. The van der Waals surface area contributed by atoms with Crippen LogP contribution in [-0.2, 0) is 6.54 Å². The van der Waals surface area contributed by atoms with Crippen molar-refractivity contribution in [3.8, 4) is 11.6 Å². The molecular weight excluding hydrogens is 250 g/mol. The molecule has 0 saturated carbocycles. The van der Waals surface area contributed by atoms with Crippen LogP contribution in [0.4, 0.5) is 0 Å². The highest BCUT2D eigenvalue weighted by Crippen LogP contribution is 2.22. The van der Waals surface area contributed by atoms with Gasteiger partial charge in [0.05, 0.1) is 11.2 Å². The third kappa shape index (κ3) is 3.18. The minimum absolute atomic E-state index is 0.538. The highest BCUT2D eigenvalue weighted by molar-refractivity contribution is 6.30. The molecule has 94 valence electrons. The summed E-state index contributed by atoms with van der Waals surface area (Å²) >= 11 is 5.84. The van der Waals surface area contributed by atoms with E-state index < -0.39 is 0 Å². The molecule has 0 aliphatic heterocycles. The van der Waals surface area contributed by atoms with Gasteiger partial charge in [-0.2, -0.15) is 0 Å². The van der Waals surface area contributed by atoms with Crippen molar-refractivity contribution >= 4 is 11.6 Å². The number of nitrogens with zero attached hydrogens (tertiary/aromatic N) is 2. The van der Waals surface area contributed by atoms with Crippen molar-refractivity contribution in [1.82, 2.24) is 15.3 Å². The van der Waals surface area contributed by atoms with Gasteiger partial charge in [0.15, 0.2) is 0 Å². The van der Waals surface area contributed by atoms with Gasteiger partial charge in [-0.25, -0.2) is 4.98 Å². The van der Waals surface area contributed by atoms with E-state index in [0.29, 0.717) is 16.7 Å². The average molecular weight is 264 g/mol. The fourth-order valence-corrected chi connectivity index (χ4v) is 1.73. The Hall–Kier alpha value is -1.65. The van der Waals surface area contributed by atoms with Crippen LogP contribution in [0, 0.1) is 6.92 Å². The van der Waals surface area contributed by atoms with Gasteiger partial charge >= 0.3 is 0 Å². The SMILES string of the molecule is CNCc1ccc(Oc2cncc(Cl)c2)nc1C. The van der Waals surface area contributed by atoms with Crippen molar-refractivity contribution in [2.24, 2.45) is 0 Å². The van der Waals surface area contributed by atoms with E-state index in [-0.39, 0.29) is 0 Å². The molecule has 0 amide bonds. The van der Waals surface area contributed by atoms with Crippen LogP contribution in [0.3, 0.4) is 0 Å². The third-order valence-corrected chi connectivity index (χ3v) is 2.65. The molecule has 0 spiro atoms. The highest BCUT2D eigenvalue weighted by Gasteiger charge is 2.04. The van der Waals surface area contributed by atoms with Crippen LogP contribution in [0.5, 0.6) is 11.6 Å². The first-order chi connectivity index (χ1) is 8.69. The molecule has 0 fully saturated rings. The maximum Gasteiger partial charge on any atom is 0.219 e. The Bertz CT molecular complexity index is 546. The molecule has 5 heteroatoms. The summed E-state index contributed by atoms with van der Waals surface area (Å²) in [6, 6.07) is 5.53. The van der Waals surface area contributed by atoms with E-state index >= 15 is 0 Å². The predicted octanol–water partition coefficient (Wildman–Crippen LogP) is 2.95. The van der Waals surface area contributed by atoms with Gasteiger partial charge in [0.1, 0.15) is 5.75 Å². The van der Waals surface area contributed by atoms with Crippen molar-refractivity contribution in [3.63, 3.8) is 0 Å². The zero-order valence-corrected chi connectivity index (χ0v) is 11.0. The minimum Gasteiger partial charge on any atom is -0.437 e. The molecule has 0 saturated heterocycles. The topological polar surface area (TPSA) is 47.0 Å². The Kier molecular flexibility index (Phi) is 4.12. The Morgan fingerprint density at radius 1 is 1.33 bits per heavy atom. The Balaban J connectivity index is 2.17. The fraction of sp³-hybridized carbons (Fsp3) is 0.231. The Morgan fingerprint density at radius 3 is 2.83 bits per heavy atom. The lowest BCUT2D eigenvalue weighted by atomic mass is 10.2. The van der Waals surface area contributed by atoms with Gasteiger partial charge in [-0.1, -0.05) is 17.7 Å². The van der Waals surface area contributed by atoms with Crippen LogP contribution in [0.1, 0.15) is 11.3 Å².